The Morgan fingerprint density at radius 1 is 0.919 bits per heavy atom. The molecule has 0 unspecified atom stereocenters. The molecule has 0 saturated carbocycles. The molecule has 37 heavy (non-hydrogen) atoms. The molecule has 0 bridgehead atoms. The number of anilines is 1. The molecular weight excluding hydrogens is 460 g/mol. The zero-order valence-electron chi connectivity index (χ0n) is 21.6. The third-order valence-corrected chi connectivity index (χ3v) is 7.03. The van der Waals surface area contributed by atoms with Gasteiger partial charge in [-0.15, -0.1) is 0 Å². The van der Waals surface area contributed by atoms with E-state index in [4.69, 9.17) is 4.98 Å². The number of rotatable bonds is 11. The number of amides is 1. The highest BCUT2D eigenvalue weighted by Crippen LogP contribution is 2.22. The number of para-hydroxylation sites is 1. The fourth-order valence-corrected chi connectivity index (χ4v) is 5.01. The molecule has 2 aromatic heterocycles. The molecule has 5 rings (SSSR count). The van der Waals surface area contributed by atoms with Crippen LogP contribution in [0.2, 0.25) is 0 Å². The van der Waals surface area contributed by atoms with Crippen molar-refractivity contribution in [1.82, 2.24) is 24.2 Å². The van der Waals surface area contributed by atoms with Crippen molar-refractivity contribution in [3.63, 3.8) is 0 Å². The normalized spacial score (nSPS) is 13.8. The van der Waals surface area contributed by atoms with Gasteiger partial charge in [0.1, 0.15) is 0 Å². The summed E-state index contributed by atoms with van der Waals surface area (Å²) in [5.74, 6) is 0.369. The largest absolute Gasteiger partial charge is 0.303 e. The number of imidazole rings is 1. The van der Waals surface area contributed by atoms with Crippen molar-refractivity contribution in [2.75, 3.05) is 25.0 Å². The van der Waals surface area contributed by atoms with E-state index >= 15 is 0 Å². The quantitative estimate of drug-likeness (QED) is 0.270. The molecule has 0 radical (unpaired) electrons. The van der Waals surface area contributed by atoms with E-state index in [0.717, 1.165) is 35.3 Å². The molecule has 1 fully saturated rings. The highest BCUT2D eigenvalue weighted by molar-refractivity contribution is 6.04. The van der Waals surface area contributed by atoms with Crippen molar-refractivity contribution in [2.24, 2.45) is 7.05 Å². The van der Waals surface area contributed by atoms with E-state index < -0.39 is 0 Å². The predicted octanol–water partition coefficient (Wildman–Crippen LogP) is 5.72. The van der Waals surface area contributed by atoms with Crippen molar-refractivity contribution in [1.29, 1.82) is 0 Å². The van der Waals surface area contributed by atoms with E-state index in [-0.39, 0.29) is 5.91 Å². The number of hydrogen-bond acceptors (Lipinski definition) is 4. The summed E-state index contributed by atoms with van der Waals surface area (Å²) in [4.78, 5) is 20.7. The molecule has 1 aliphatic rings. The number of hydrogen-bond donors (Lipinski definition) is 1. The third-order valence-electron chi connectivity index (χ3n) is 7.03. The van der Waals surface area contributed by atoms with Crippen LogP contribution in [0.1, 0.15) is 54.6 Å². The minimum absolute atomic E-state index is 0.179. The van der Waals surface area contributed by atoms with E-state index in [1.807, 2.05) is 72.4 Å². The van der Waals surface area contributed by atoms with Crippen LogP contribution in [0.5, 0.6) is 0 Å². The summed E-state index contributed by atoms with van der Waals surface area (Å²) in [5.41, 5.74) is 4.50. The molecule has 1 amide bonds. The fourth-order valence-electron chi connectivity index (χ4n) is 5.01. The summed E-state index contributed by atoms with van der Waals surface area (Å²) >= 11 is 0. The molecule has 0 spiro atoms. The topological polar surface area (TPSA) is 68.0 Å². The van der Waals surface area contributed by atoms with E-state index in [2.05, 4.69) is 21.5 Å². The second kappa shape index (κ2) is 12.0. The molecule has 1 aliphatic heterocycles. The number of unbranched alkanes of at least 4 members (excludes halogenated alkanes) is 3. The Labute approximate surface area is 219 Å². The first-order chi connectivity index (χ1) is 18.2. The molecule has 0 aliphatic carbocycles. The maximum absolute atomic E-state index is 13.2. The number of aryl methyl sites for hydroxylation is 2. The van der Waals surface area contributed by atoms with E-state index in [9.17, 15) is 4.79 Å². The van der Waals surface area contributed by atoms with Gasteiger partial charge in [0.2, 0.25) is 5.95 Å². The van der Waals surface area contributed by atoms with Crippen LogP contribution in [0.25, 0.3) is 16.8 Å². The molecule has 7 nitrogen and oxygen atoms in total. The SMILES string of the molecule is Cn1cc(-c2cccc(C(=O)Nc3nc(CCCCCCN4CCCC4)cn3-c3ccccc3)c2)cn1. The molecular formula is C30H36N6O. The van der Waals surface area contributed by atoms with Crippen LogP contribution in [0, 0.1) is 0 Å². The molecule has 1 N–H and O–H groups in total. The number of nitrogens with one attached hydrogen (secondary N) is 1. The minimum Gasteiger partial charge on any atom is -0.303 e. The van der Waals surface area contributed by atoms with Gasteiger partial charge in [0.05, 0.1) is 11.9 Å². The summed E-state index contributed by atoms with van der Waals surface area (Å²) in [6, 6.07) is 17.7. The van der Waals surface area contributed by atoms with Crippen molar-refractivity contribution in [2.45, 2.75) is 44.9 Å². The molecule has 7 heteroatoms. The van der Waals surface area contributed by atoms with Gasteiger partial charge in [-0.3, -0.25) is 19.4 Å². The first kappa shape index (κ1) is 25.0. The van der Waals surface area contributed by atoms with Gasteiger partial charge < -0.3 is 4.90 Å². The number of benzene rings is 2. The Bertz CT molecular complexity index is 1300. The first-order valence-electron chi connectivity index (χ1n) is 13.4. The number of aromatic nitrogens is 4. The Kier molecular flexibility index (Phi) is 8.11. The van der Waals surface area contributed by atoms with Gasteiger partial charge in [-0.2, -0.15) is 5.10 Å². The highest BCUT2D eigenvalue weighted by Gasteiger charge is 2.15. The maximum atomic E-state index is 13.2. The van der Waals surface area contributed by atoms with Crippen molar-refractivity contribution in [3.05, 3.63) is 84.4 Å². The average molecular weight is 497 g/mol. The zero-order valence-corrected chi connectivity index (χ0v) is 21.6. The van der Waals surface area contributed by atoms with Crippen molar-refractivity contribution >= 4 is 11.9 Å². The van der Waals surface area contributed by atoms with Crippen LogP contribution >= 0.6 is 0 Å². The smallest absolute Gasteiger partial charge is 0.258 e. The van der Waals surface area contributed by atoms with Crippen molar-refractivity contribution in [3.8, 4) is 16.8 Å². The van der Waals surface area contributed by atoms with Gasteiger partial charge in [-0.1, -0.05) is 43.2 Å². The Morgan fingerprint density at radius 3 is 2.51 bits per heavy atom. The second-order valence-electron chi connectivity index (χ2n) is 9.91. The van der Waals surface area contributed by atoms with Gasteiger partial charge in [0, 0.05) is 36.3 Å². The lowest BCUT2D eigenvalue weighted by atomic mass is 10.1. The summed E-state index contributed by atoms with van der Waals surface area (Å²) in [6.07, 6.45) is 14.3. The van der Waals surface area contributed by atoms with Gasteiger partial charge >= 0.3 is 0 Å². The Balaban J connectivity index is 1.24. The molecule has 4 aromatic rings. The van der Waals surface area contributed by atoms with Crippen LogP contribution in [0.15, 0.2) is 73.2 Å². The predicted molar refractivity (Wildman–Crippen MR) is 148 cm³/mol. The standard InChI is InChI=1S/C30H36N6O/c1-34-22-26(21-31-34)24-12-11-13-25(20-24)29(37)33-30-32-27(23-36(30)28-15-6-4-7-16-28)14-5-2-3-8-17-35-18-9-10-19-35/h4,6-7,11-13,15-16,20-23H,2-3,5,8-10,14,17-19H2,1H3,(H,32,33,37). The van der Waals surface area contributed by atoms with E-state index in [1.54, 1.807) is 10.9 Å². The minimum atomic E-state index is -0.179. The van der Waals surface area contributed by atoms with Crippen LogP contribution in [-0.2, 0) is 13.5 Å². The lowest BCUT2D eigenvalue weighted by Gasteiger charge is -2.13. The molecule has 1 saturated heterocycles. The molecule has 2 aromatic carbocycles. The summed E-state index contributed by atoms with van der Waals surface area (Å²) in [6.45, 7) is 3.79. The number of nitrogens with zero attached hydrogens (tertiary/aromatic N) is 5. The third kappa shape index (κ3) is 6.54. The van der Waals surface area contributed by atoms with Crippen LogP contribution < -0.4 is 5.32 Å². The monoisotopic (exact) mass is 496 g/mol. The van der Waals surface area contributed by atoms with Gasteiger partial charge in [0.25, 0.3) is 5.91 Å². The highest BCUT2D eigenvalue weighted by atomic mass is 16.1. The van der Waals surface area contributed by atoms with Gasteiger partial charge in [-0.05, 0) is 81.6 Å². The summed E-state index contributed by atoms with van der Waals surface area (Å²) in [7, 11) is 1.88. The lowest BCUT2D eigenvalue weighted by Crippen LogP contribution is -2.20. The molecule has 192 valence electrons. The Morgan fingerprint density at radius 2 is 1.73 bits per heavy atom. The van der Waals surface area contributed by atoms with Crippen molar-refractivity contribution < 1.29 is 4.79 Å². The van der Waals surface area contributed by atoms with E-state index in [0.29, 0.717) is 11.5 Å². The van der Waals surface area contributed by atoms with Crippen LogP contribution in [0.3, 0.4) is 0 Å². The summed E-state index contributed by atoms with van der Waals surface area (Å²) in [5, 5.41) is 7.30. The Hall–Kier alpha value is -3.71. The molecule has 3 heterocycles. The van der Waals surface area contributed by atoms with Crippen LogP contribution in [-0.4, -0.2) is 49.8 Å². The van der Waals surface area contributed by atoms with Crippen LogP contribution in [0.4, 0.5) is 5.95 Å². The number of likely N-dealkylation sites (tertiary alicyclic amines) is 1. The van der Waals surface area contributed by atoms with Gasteiger partial charge in [-0.25, -0.2) is 4.98 Å². The lowest BCUT2D eigenvalue weighted by molar-refractivity contribution is 0.102. The second-order valence-corrected chi connectivity index (χ2v) is 9.91. The van der Waals surface area contributed by atoms with E-state index in [1.165, 1.54) is 51.7 Å². The number of carbonyl (C=O) groups excluding carboxylic acids is 1. The summed E-state index contributed by atoms with van der Waals surface area (Å²) < 4.78 is 3.74. The van der Waals surface area contributed by atoms with Gasteiger partial charge in [0.15, 0.2) is 0 Å². The first-order valence-corrected chi connectivity index (χ1v) is 13.4. The zero-order chi connectivity index (χ0) is 25.5. The average Bonchev–Trinajstić information content (AvgIpc) is 3.68. The molecule has 0 atom stereocenters. The maximum Gasteiger partial charge on any atom is 0.258 e. The fraction of sp³-hybridized carbons (Fsp3) is 0.367. The number of carbonyl (C=O) groups is 1.